The molecule has 0 unspecified atom stereocenters. The van der Waals surface area contributed by atoms with Crippen LogP contribution >= 0.6 is 0 Å². The third kappa shape index (κ3) is 3.89. The Hall–Kier alpha value is -3.86. The average molecular weight is 391 g/mol. The van der Waals surface area contributed by atoms with Crippen LogP contribution in [0.25, 0.3) is 10.9 Å². The molecule has 0 aliphatic heterocycles. The van der Waals surface area contributed by atoms with Crippen molar-refractivity contribution in [2.45, 2.75) is 19.3 Å². The van der Waals surface area contributed by atoms with Gasteiger partial charge in [0.05, 0.1) is 37.1 Å². The first-order valence-electron chi connectivity index (χ1n) is 8.98. The summed E-state index contributed by atoms with van der Waals surface area (Å²) < 4.78 is 10.7. The SMILES string of the molecule is COc1ccc(CCCc2c(C#N)ccc3c(N)c(C(N)=O)nnc23)c(OC)c1. The molecule has 2 aromatic carbocycles. The van der Waals surface area contributed by atoms with Crippen molar-refractivity contribution in [2.75, 3.05) is 20.0 Å². The lowest BCUT2D eigenvalue weighted by molar-refractivity contribution is 0.0995. The standard InChI is InChI=1S/C21H21N5O3/c1-28-14-8-6-12(17(10-14)29-2)4-3-5-15-13(11-22)7-9-16-18(23)20(21(24)27)26-25-19(15)16/h6-10H,3-5H2,1-2H3,(H2,23,25)(H2,24,27). The summed E-state index contributed by atoms with van der Waals surface area (Å²) >= 11 is 0. The third-order valence-electron chi connectivity index (χ3n) is 4.80. The average Bonchev–Trinajstić information content (AvgIpc) is 2.73. The highest BCUT2D eigenvalue weighted by atomic mass is 16.5. The second-order valence-electron chi connectivity index (χ2n) is 6.46. The maximum Gasteiger partial charge on any atom is 0.271 e. The number of fused-ring (bicyclic) bond motifs is 1. The highest BCUT2D eigenvalue weighted by Crippen LogP contribution is 2.29. The molecule has 8 nitrogen and oxygen atoms in total. The summed E-state index contributed by atoms with van der Waals surface area (Å²) in [6, 6.07) is 11.2. The number of carbonyl (C=O) groups excluding carboxylic acids is 1. The van der Waals surface area contributed by atoms with Crippen LogP contribution in [0.4, 0.5) is 5.69 Å². The van der Waals surface area contributed by atoms with E-state index in [2.05, 4.69) is 16.3 Å². The molecule has 0 radical (unpaired) electrons. The van der Waals surface area contributed by atoms with Gasteiger partial charge in [-0.05, 0) is 48.6 Å². The van der Waals surface area contributed by atoms with Crippen LogP contribution in [0.1, 0.15) is 33.6 Å². The van der Waals surface area contributed by atoms with Gasteiger partial charge < -0.3 is 20.9 Å². The number of benzene rings is 2. The summed E-state index contributed by atoms with van der Waals surface area (Å²) in [7, 11) is 3.22. The molecule has 0 saturated heterocycles. The zero-order valence-electron chi connectivity index (χ0n) is 16.2. The van der Waals surface area contributed by atoms with E-state index in [-0.39, 0.29) is 11.4 Å². The molecule has 1 heterocycles. The van der Waals surface area contributed by atoms with Crippen LogP contribution in [-0.2, 0) is 12.8 Å². The lowest BCUT2D eigenvalue weighted by Crippen LogP contribution is -2.17. The van der Waals surface area contributed by atoms with E-state index in [1.54, 1.807) is 26.4 Å². The van der Waals surface area contributed by atoms with Gasteiger partial charge in [0.25, 0.3) is 5.91 Å². The first-order valence-corrected chi connectivity index (χ1v) is 8.98. The molecule has 3 aromatic rings. The fourth-order valence-corrected chi connectivity index (χ4v) is 3.30. The molecule has 0 aliphatic rings. The predicted octanol–water partition coefficient (Wildman–Crippen LogP) is 2.38. The molecule has 0 atom stereocenters. The number of nitriles is 1. The number of primary amides is 1. The Morgan fingerprint density at radius 1 is 1.14 bits per heavy atom. The topological polar surface area (TPSA) is 137 Å². The van der Waals surface area contributed by atoms with Crippen LogP contribution in [0.5, 0.6) is 11.5 Å². The highest BCUT2D eigenvalue weighted by Gasteiger charge is 2.17. The number of anilines is 1. The summed E-state index contributed by atoms with van der Waals surface area (Å²) in [5.41, 5.74) is 14.2. The van der Waals surface area contributed by atoms with E-state index in [0.717, 1.165) is 35.5 Å². The van der Waals surface area contributed by atoms with E-state index in [0.29, 0.717) is 22.9 Å². The molecule has 29 heavy (non-hydrogen) atoms. The summed E-state index contributed by atoms with van der Waals surface area (Å²) in [5, 5.41) is 18.1. The van der Waals surface area contributed by atoms with E-state index in [4.69, 9.17) is 20.9 Å². The second kappa shape index (κ2) is 8.44. The molecule has 8 heteroatoms. The van der Waals surface area contributed by atoms with Crippen LogP contribution in [0.15, 0.2) is 30.3 Å². The smallest absolute Gasteiger partial charge is 0.271 e. The fourth-order valence-electron chi connectivity index (χ4n) is 3.30. The molecule has 0 spiro atoms. The van der Waals surface area contributed by atoms with Crippen LogP contribution in [0.2, 0.25) is 0 Å². The second-order valence-corrected chi connectivity index (χ2v) is 6.46. The molecule has 1 amide bonds. The lowest BCUT2D eigenvalue weighted by Gasteiger charge is -2.12. The van der Waals surface area contributed by atoms with Crippen molar-refractivity contribution in [2.24, 2.45) is 5.73 Å². The van der Waals surface area contributed by atoms with Gasteiger partial charge in [0.1, 0.15) is 11.5 Å². The fraction of sp³-hybridized carbons (Fsp3) is 0.238. The summed E-state index contributed by atoms with van der Waals surface area (Å²) in [5.74, 6) is 0.731. The maximum atomic E-state index is 11.5. The molecular formula is C21H21N5O3. The van der Waals surface area contributed by atoms with E-state index in [1.807, 2.05) is 18.2 Å². The van der Waals surface area contributed by atoms with Crippen molar-refractivity contribution >= 4 is 22.5 Å². The highest BCUT2D eigenvalue weighted by molar-refractivity contribution is 6.04. The molecule has 3 rings (SSSR count). The number of aromatic nitrogens is 2. The maximum absolute atomic E-state index is 11.5. The molecule has 1 aromatic heterocycles. The number of hydrogen-bond acceptors (Lipinski definition) is 7. The monoisotopic (exact) mass is 391 g/mol. The van der Waals surface area contributed by atoms with Gasteiger partial charge in [-0.15, -0.1) is 10.2 Å². The number of carbonyl (C=O) groups is 1. The van der Waals surface area contributed by atoms with Crippen molar-refractivity contribution in [3.05, 3.63) is 52.7 Å². The van der Waals surface area contributed by atoms with Gasteiger partial charge >= 0.3 is 0 Å². The first kappa shape index (κ1) is 19.9. The molecular weight excluding hydrogens is 370 g/mol. The minimum Gasteiger partial charge on any atom is -0.497 e. The number of hydrogen-bond donors (Lipinski definition) is 2. The third-order valence-corrected chi connectivity index (χ3v) is 4.80. The Kier molecular flexibility index (Phi) is 5.79. The van der Waals surface area contributed by atoms with Gasteiger partial charge in [-0.1, -0.05) is 6.07 Å². The number of methoxy groups -OCH3 is 2. The number of nitrogen functional groups attached to an aromatic ring is 1. The molecule has 148 valence electrons. The molecule has 4 N–H and O–H groups in total. The van der Waals surface area contributed by atoms with Crippen molar-refractivity contribution in [3.63, 3.8) is 0 Å². The van der Waals surface area contributed by atoms with Gasteiger partial charge in [-0.3, -0.25) is 4.79 Å². The Bertz CT molecular complexity index is 1120. The molecule has 0 bridgehead atoms. The zero-order valence-corrected chi connectivity index (χ0v) is 16.2. The lowest BCUT2D eigenvalue weighted by atomic mass is 9.96. The van der Waals surface area contributed by atoms with Crippen LogP contribution in [-0.4, -0.2) is 30.3 Å². The van der Waals surface area contributed by atoms with E-state index in [9.17, 15) is 10.1 Å². The molecule has 0 aliphatic carbocycles. The minimum atomic E-state index is -0.741. The largest absolute Gasteiger partial charge is 0.497 e. The van der Waals surface area contributed by atoms with E-state index >= 15 is 0 Å². The number of aryl methyl sites for hydroxylation is 2. The summed E-state index contributed by atoms with van der Waals surface area (Å²) in [6.07, 6.45) is 2.06. The van der Waals surface area contributed by atoms with E-state index < -0.39 is 5.91 Å². The van der Waals surface area contributed by atoms with Crippen molar-refractivity contribution in [1.29, 1.82) is 5.26 Å². The number of nitrogens with two attached hydrogens (primary N) is 2. The van der Waals surface area contributed by atoms with Crippen molar-refractivity contribution in [3.8, 4) is 17.6 Å². The van der Waals surface area contributed by atoms with Crippen LogP contribution < -0.4 is 20.9 Å². The van der Waals surface area contributed by atoms with Gasteiger partial charge in [0, 0.05) is 11.5 Å². The molecule has 0 saturated carbocycles. The minimum absolute atomic E-state index is 0.0730. The number of rotatable bonds is 7. The summed E-state index contributed by atoms with van der Waals surface area (Å²) in [4.78, 5) is 11.5. The van der Waals surface area contributed by atoms with Crippen molar-refractivity contribution < 1.29 is 14.3 Å². The zero-order chi connectivity index (χ0) is 21.0. The normalized spacial score (nSPS) is 10.5. The van der Waals surface area contributed by atoms with Gasteiger partial charge in [-0.2, -0.15) is 5.26 Å². The van der Waals surface area contributed by atoms with Gasteiger partial charge in [0.2, 0.25) is 0 Å². The van der Waals surface area contributed by atoms with Gasteiger partial charge in [-0.25, -0.2) is 0 Å². The first-order chi connectivity index (χ1) is 14.0. The number of amides is 1. The summed E-state index contributed by atoms with van der Waals surface area (Å²) in [6.45, 7) is 0. The van der Waals surface area contributed by atoms with Crippen molar-refractivity contribution in [1.82, 2.24) is 10.2 Å². The quantitative estimate of drug-likeness (QED) is 0.630. The Labute approximate surface area is 168 Å². The van der Waals surface area contributed by atoms with Crippen LogP contribution in [0, 0.1) is 11.3 Å². The number of nitrogens with zero attached hydrogens (tertiary/aromatic N) is 3. The number of ether oxygens (including phenoxy) is 2. The van der Waals surface area contributed by atoms with Gasteiger partial charge in [0.15, 0.2) is 5.69 Å². The van der Waals surface area contributed by atoms with E-state index in [1.165, 1.54) is 0 Å². The molecule has 0 fully saturated rings. The predicted molar refractivity (Wildman–Crippen MR) is 109 cm³/mol. The Morgan fingerprint density at radius 3 is 2.59 bits per heavy atom. The van der Waals surface area contributed by atoms with Crippen LogP contribution in [0.3, 0.4) is 0 Å². The Morgan fingerprint density at radius 2 is 1.93 bits per heavy atom. The Balaban J connectivity index is 1.91.